The summed E-state index contributed by atoms with van der Waals surface area (Å²) >= 11 is 1.69. The van der Waals surface area contributed by atoms with E-state index >= 15 is 0 Å². The molecule has 27 heavy (non-hydrogen) atoms. The van der Waals surface area contributed by atoms with E-state index in [4.69, 9.17) is 9.72 Å². The number of methoxy groups -OCH3 is 1. The maximum absolute atomic E-state index is 5.29. The van der Waals surface area contributed by atoms with Crippen LogP contribution in [0.4, 0.5) is 0 Å². The number of aromatic nitrogens is 4. The van der Waals surface area contributed by atoms with Gasteiger partial charge in [-0.2, -0.15) is 0 Å². The van der Waals surface area contributed by atoms with Crippen LogP contribution in [0.1, 0.15) is 0 Å². The molecule has 2 aromatic heterocycles. The number of fused-ring (bicyclic) bond motifs is 3. The third kappa shape index (κ3) is 3.48. The highest BCUT2D eigenvalue weighted by Gasteiger charge is 2.16. The molecule has 0 amide bonds. The number of hydrogen-bond acceptors (Lipinski definition) is 6. The molecule has 0 unspecified atom stereocenters. The topological polar surface area (TPSA) is 55.6 Å². The van der Waals surface area contributed by atoms with Gasteiger partial charge in [0.25, 0.3) is 0 Å². The molecule has 0 saturated carbocycles. The fourth-order valence-corrected chi connectivity index (χ4v) is 3.95. The summed E-state index contributed by atoms with van der Waals surface area (Å²) in [5.74, 6) is 2.59. The molecule has 138 valence electrons. The van der Waals surface area contributed by atoms with Crippen molar-refractivity contribution < 1.29 is 4.74 Å². The SMILES string of the molecule is COc1ccc(-c2nc3ccccc3c3nnc(SCCN(C)C)n23)cc1. The highest BCUT2D eigenvalue weighted by Crippen LogP contribution is 2.29. The van der Waals surface area contributed by atoms with Crippen LogP contribution in [0.3, 0.4) is 0 Å². The molecule has 0 aliphatic carbocycles. The molecule has 0 N–H and O–H groups in total. The summed E-state index contributed by atoms with van der Waals surface area (Å²) in [4.78, 5) is 7.08. The lowest BCUT2D eigenvalue weighted by Crippen LogP contribution is -2.15. The van der Waals surface area contributed by atoms with E-state index in [1.54, 1.807) is 18.9 Å². The van der Waals surface area contributed by atoms with Crippen molar-refractivity contribution in [3.05, 3.63) is 48.5 Å². The van der Waals surface area contributed by atoms with Crippen molar-refractivity contribution in [2.45, 2.75) is 5.16 Å². The molecule has 6 nitrogen and oxygen atoms in total. The number of rotatable bonds is 6. The predicted molar refractivity (Wildman–Crippen MR) is 110 cm³/mol. The first-order chi connectivity index (χ1) is 13.2. The molecule has 0 saturated heterocycles. The zero-order valence-corrected chi connectivity index (χ0v) is 16.4. The van der Waals surface area contributed by atoms with Crippen molar-refractivity contribution in [3.8, 4) is 17.1 Å². The van der Waals surface area contributed by atoms with Gasteiger partial charge in [-0.1, -0.05) is 23.9 Å². The predicted octanol–water partition coefficient (Wildman–Crippen LogP) is 3.61. The molecule has 2 heterocycles. The van der Waals surface area contributed by atoms with Crippen LogP contribution in [0.15, 0.2) is 53.7 Å². The average molecular weight is 379 g/mol. The molecule has 0 radical (unpaired) electrons. The number of thioether (sulfide) groups is 1. The van der Waals surface area contributed by atoms with E-state index in [1.807, 2.05) is 48.5 Å². The zero-order valence-electron chi connectivity index (χ0n) is 15.6. The van der Waals surface area contributed by atoms with Gasteiger partial charge in [-0.25, -0.2) is 4.98 Å². The summed E-state index contributed by atoms with van der Waals surface area (Å²) < 4.78 is 7.35. The lowest BCUT2D eigenvalue weighted by Gasteiger charge is -2.11. The van der Waals surface area contributed by atoms with Gasteiger partial charge in [0.1, 0.15) is 11.6 Å². The van der Waals surface area contributed by atoms with Gasteiger partial charge in [0.05, 0.1) is 12.6 Å². The molecular weight excluding hydrogens is 358 g/mol. The quantitative estimate of drug-likeness (QED) is 0.477. The molecule has 4 aromatic rings. The van der Waals surface area contributed by atoms with Gasteiger partial charge < -0.3 is 9.64 Å². The summed E-state index contributed by atoms with van der Waals surface area (Å²) in [7, 11) is 5.81. The highest BCUT2D eigenvalue weighted by atomic mass is 32.2. The Hall–Kier alpha value is -2.64. The molecule has 0 aliphatic rings. The molecule has 2 aromatic carbocycles. The number of para-hydroxylation sites is 1. The van der Waals surface area contributed by atoms with E-state index in [0.717, 1.165) is 51.1 Å². The van der Waals surface area contributed by atoms with Gasteiger partial charge >= 0.3 is 0 Å². The third-order valence-electron chi connectivity index (χ3n) is 4.33. The fourth-order valence-electron chi connectivity index (χ4n) is 2.91. The van der Waals surface area contributed by atoms with E-state index < -0.39 is 0 Å². The number of ether oxygens (including phenoxy) is 1. The molecule has 0 spiro atoms. The largest absolute Gasteiger partial charge is 0.497 e. The lowest BCUT2D eigenvalue weighted by atomic mass is 10.1. The Labute approximate surface area is 162 Å². The second-order valence-electron chi connectivity index (χ2n) is 6.47. The first-order valence-corrected chi connectivity index (χ1v) is 9.72. The van der Waals surface area contributed by atoms with Gasteiger partial charge in [0.15, 0.2) is 10.8 Å². The van der Waals surface area contributed by atoms with Crippen LogP contribution in [0, 0.1) is 0 Å². The Balaban J connectivity index is 1.89. The standard InChI is InChI=1S/C20H21N5OS/c1-24(2)12-13-27-20-23-22-19-16-6-4-5-7-17(16)21-18(25(19)20)14-8-10-15(26-3)11-9-14/h4-11H,12-13H2,1-3H3. The van der Waals surface area contributed by atoms with E-state index in [0.29, 0.717) is 0 Å². The first-order valence-electron chi connectivity index (χ1n) is 8.73. The van der Waals surface area contributed by atoms with E-state index in [1.165, 1.54) is 0 Å². The Kier molecular flexibility index (Phi) is 4.96. The third-order valence-corrected chi connectivity index (χ3v) is 5.24. The van der Waals surface area contributed by atoms with Crippen molar-refractivity contribution >= 4 is 28.3 Å². The van der Waals surface area contributed by atoms with Crippen molar-refractivity contribution in [2.75, 3.05) is 33.5 Å². The van der Waals surface area contributed by atoms with E-state index in [2.05, 4.69) is 33.6 Å². The molecule has 4 rings (SSSR count). The average Bonchev–Trinajstić information content (AvgIpc) is 3.11. The number of benzene rings is 2. The Morgan fingerprint density at radius 3 is 2.56 bits per heavy atom. The Morgan fingerprint density at radius 2 is 1.81 bits per heavy atom. The second-order valence-corrected chi connectivity index (χ2v) is 7.54. The minimum Gasteiger partial charge on any atom is -0.497 e. The van der Waals surface area contributed by atoms with Crippen LogP contribution in [-0.2, 0) is 0 Å². The zero-order chi connectivity index (χ0) is 18.8. The summed E-state index contributed by atoms with van der Waals surface area (Å²) in [5, 5.41) is 10.8. The molecule has 0 atom stereocenters. The minimum atomic E-state index is 0.820. The van der Waals surface area contributed by atoms with Crippen molar-refractivity contribution in [2.24, 2.45) is 0 Å². The van der Waals surface area contributed by atoms with Gasteiger partial charge in [-0.15, -0.1) is 10.2 Å². The van der Waals surface area contributed by atoms with Crippen LogP contribution < -0.4 is 4.74 Å². The molecule has 0 fully saturated rings. The Bertz CT molecular complexity index is 1080. The molecule has 0 bridgehead atoms. The minimum absolute atomic E-state index is 0.820. The monoisotopic (exact) mass is 379 g/mol. The van der Waals surface area contributed by atoms with Crippen molar-refractivity contribution in [1.82, 2.24) is 24.5 Å². The molecule has 0 aliphatic heterocycles. The fraction of sp³-hybridized carbons (Fsp3) is 0.250. The second kappa shape index (κ2) is 7.54. The summed E-state index contributed by atoms with van der Waals surface area (Å²) in [6.45, 7) is 0.971. The van der Waals surface area contributed by atoms with Crippen LogP contribution >= 0.6 is 11.8 Å². The van der Waals surface area contributed by atoms with Crippen LogP contribution in [-0.4, -0.2) is 58.0 Å². The van der Waals surface area contributed by atoms with Crippen molar-refractivity contribution in [3.63, 3.8) is 0 Å². The Morgan fingerprint density at radius 1 is 1.04 bits per heavy atom. The van der Waals surface area contributed by atoms with Gasteiger partial charge in [-0.05, 0) is 50.5 Å². The normalized spacial score (nSPS) is 11.6. The molecular formula is C20H21N5OS. The van der Waals surface area contributed by atoms with Crippen molar-refractivity contribution in [1.29, 1.82) is 0 Å². The van der Waals surface area contributed by atoms with Gasteiger partial charge in [0, 0.05) is 23.2 Å². The smallest absolute Gasteiger partial charge is 0.197 e. The number of hydrogen-bond donors (Lipinski definition) is 0. The maximum atomic E-state index is 5.29. The summed E-state index contributed by atoms with van der Waals surface area (Å²) in [5.41, 5.74) is 2.74. The van der Waals surface area contributed by atoms with E-state index in [-0.39, 0.29) is 0 Å². The van der Waals surface area contributed by atoms with Crippen LogP contribution in [0.5, 0.6) is 5.75 Å². The highest BCUT2D eigenvalue weighted by molar-refractivity contribution is 7.99. The van der Waals surface area contributed by atoms with Crippen LogP contribution in [0.2, 0.25) is 0 Å². The molecule has 7 heteroatoms. The summed E-state index contributed by atoms with van der Waals surface area (Å²) in [6, 6.07) is 16.0. The van der Waals surface area contributed by atoms with Gasteiger partial charge in [0.2, 0.25) is 0 Å². The number of nitrogens with zero attached hydrogens (tertiary/aromatic N) is 5. The van der Waals surface area contributed by atoms with Gasteiger partial charge in [-0.3, -0.25) is 4.40 Å². The first kappa shape index (κ1) is 17.8. The van der Waals surface area contributed by atoms with E-state index in [9.17, 15) is 0 Å². The summed E-state index contributed by atoms with van der Waals surface area (Å²) in [6.07, 6.45) is 0. The van der Waals surface area contributed by atoms with Crippen LogP contribution in [0.25, 0.3) is 27.9 Å². The lowest BCUT2D eigenvalue weighted by molar-refractivity contribution is 0.415. The maximum Gasteiger partial charge on any atom is 0.197 e.